The van der Waals surface area contributed by atoms with E-state index in [9.17, 15) is 15.0 Å². The van der Waals surface area contributed by atoms with Crippen molar-refractivity contribution < 1.29 is 24.5 Å². The predicted molar refractivity (Wildman–Crippen MR) is 145 cm³/mol. The van der Waals surface area contributed by atoms with E-state index in [1.165, 1.54) is 11.1 Å². The van der Waals surface area contributed by atoms with Crippen LogP contribution in [0.25, 0.3) is 0 Å². The van der Waals surface area contributed by atoms with Gasteiger partial charge in [0.1, 0.15) is 17.6 Å². The Kier molecular flexibility index (Phi) is 7.10. The first-order chi connectivity index (χ1) is 18.4. The van der Waals surface area contributed by atoms with Crippen LogP contribution in [-0.2, 0) is 16.0 Å². The molecular weight excluding hydrogens is 480 g/mol. The van der Waals surface area contributed by atoms with E-state index in [1.54, 1.807) is 6.07 Å². The van der Waals surface area contributed by atoms with Gasteiger partial charge in [-0.3, -0.25) is 9.69 Å². The van der Waals surface area contributed by atoms with Gasteiger partial charge in [-0.05, 0) is 91.5 Å². The molecule has 3 fully saturated rings. The normalized spacial score (nSPS) is 32.6. The number of aliphatic hydroxyl groups excluding tert-OH is 1. The number of rotatable bonds is 6. The Labute approximate surface area is 225 Å². The first-order valence-corrected chi connectivity index (χ1v) is 14.3. The fourth-order valence-corrected chi connectivity index (χ4v) is 7.80. The van der Waals surface area contributed by atoms with Gasteiger partial charge in [0, 0.05) is 43.1 Å². The highest BCUT2D eigenvalue weighted by Gasteiger charge is 2.58. The van der Waals surface area contributed by atoms with Crippen molar-refractivity contribution in [2.75, 3.05) is 38.2 Å². The number of anilines is 1. The SMILES string of the molecule is C[C@]12C[C@H](Oc3ccc(NC(=O)CCN4CCOCC4)cc3)[C@@H]3c4ccc(O)cc4CC[C@H]3[C@@H]1CC[C@@H]2O. The molecule has 3 N–H and O–H groups in total. The summed E-state index contributed by atoms with van der Waals surface area (Å²) in [6.45, 7) is 6.22. The molecule has 0 spiro atoms. The van der Waals surface area contributed by atoms with Crippen molar-refractivity contribution in [3.63, 3.8) is 0 Å². The summed E-state index contributed by atoms with van der Waals surface area (Å²) in [5, 5.41) is 24.1. The zero-order valence-electron chi connectivity index (χ0n) is 22.3. The highest BCUT2D eigenvalue weighted by atomic mass is 16.5. The summed E-state index contributed by atoms with van der Waals surface area (Å²) >= 11 is 0. The second-order valence-corrected chi connectivity index (χ2v) is 12.0. The van der Waals surface area contributed by atoms with Crippen LogP contribution >= 0.6 is 0 Å². The van der Waals surface area contributed by atoms with Crippen LogP contribution in [0.2, 0.25) is 0 Å². The van der Waals surface area contributed by atoms with Crippen molar-refractivity contribution in [1.29, 1.82) is 0 Å². The zero-order chi connectivity index (χ0) is 26.3. The third-order valence-corrected chi connectivity index (χ3v) is 9.80. The van der Waals surface area contributed by atoms with Crippen LogP contribution in [0.15, 0.2) is 42.5 Å². The Hall–Kier alpha value is -2.61. The number of amides is 1. The van der Waals surface area contributed by atoms with E-state index in [0.29, 0.717) is 24.0 Å². The zero-order valence-corrected chi connectivity index (χ0v) is 22.3. The van der Waals surface area contributed by atoms with Gasteiger partial charge in [0.15, 0.2) is 0 Å². The highest BCUT2D eigenvalue weighted by Crippen LogP contribution is 2.61. The molecule has 0 unspecified atom stereocenters. The molecule has 2 aromatic carbocycles. The standard InChI is InChI=1S/C31H40N2O5/c1-31-19-27(30-24-9-5-22(34)18-20(24)2-8-25(30)26(31)10-11-28(31)35)38-23-6-3-21(4-7-23)32-29(36)12-13-33-14-16-37-17-15-33/h3-7,9,18,25-28,30,34-35H,2,8,10-17,19H2,1H3,(H,32,36)/t25-,26-,27-,28-,30+,31-/m0/s1. The second-order valence-electron chi connectivity index (χ2n) is 12.0. The number of carbonyl (C=O) groups excluding carboxylic acids is 1. The number of phenols is 1. The number of fused-ring (bicyclic) bond motifs is 5. The van der Waals surface area contributed by atoms with E-state index >= 15 is 0 Å². The monoisotopic (exact) mass is 520 g/mol. The molecule has 7 nitrogen and oxygen atoms in total. The van der Waals surface area contributed by atoms with Gasteiger partial charge in [-0.15, -0.1) is 0 Å². The van der Waals surface area contributed by atoms with E-state index in [-0.39, 0.29) is 29.4 Å². The smallest absolute Gasteiger partial charge is 0.225 e. The number of morpholine rings is 1. The number of phenolic OH excluding ortho intramolecular Hbond substituents is 1. The molecule has 0 aromatic heterocycles. The van der Waals surface area contributed by atoms with Crippen LogP contribution in [0.1, 0.15) is 56.1 Å². The van der Waals surface area contributed by atoms with E-state index < -0.39 is 0 Å². The van der Waals surface area contributed by atoms with Gasteiger partial charge >= 0.3 is 0 Å². The maximum absolute atomic E-state index is 12.5. The number of carbonyl (C=O) groups is 1. The van der Waals surface area contributed by atoms with E-state index in [0.717, 1.165) is 76.4 Å². The first kappa shape index (κ1) is 25.7. The van der Waals surface area contributed by atoms with Crippen LogP contribution in [0.5, 0.6) is 11.5 Å². The van der Waals surface area contributed by atoms with Gasteiger partial charge in [0.25, 0.3) is 0 Å². The Morgan fingerprint density at radius 1 is 1.13 bits per heavy atom. The lowest BCUT2D eigenvalue weighted by molar-refractivity contribution is -0.116. The molecule has 0 bridgehead atoms. The molecule has 4 aliphatic rings. The van der Waals surface area contributed by atoms with Gasteiger partial charge in [0.2, 0.25) is 5.91 Å². The lowest BCUT2D eigenvalue weighted by Crippen LogP contribution is -2.51. The quantitative estimate of drug-likeness (QED) is 0.525. The minimum Gasteiger partial charge on any atom is -0.508 e. The molecule has 204 valence electrons. The number of ether oxygens (including phenoxy) is 2. The van der Waals surface area contributed by atoms with Crippen molar-refractivity contribution in [3.8, 4) is 11.5 Å². The molecule has 6 atom stereocenters. The van der Waals surface area contributed by atoms with Crippen LogP contribution in [0.4, 0.5) is 5.69 Å². The topological polar surface area (TPSA) is 91.3 Å². The average molecular weight is 521 g/mol. The van der Waals surface area contributed by atoms with Crippen LogP contribution in [-0.4, -0.2) is 66.1 Å². The second kappa shape index (κ2) is 10.5. The minimum atomic E-state index is -0.296. The third-order valence-electron chi connectivity index (χ3n) is 9.80. The molecule has 1 saturated heterocycles. The Balaban J connectivity index is 1.16. The molecule has 1 heterocycles. The molecule has 1 aliphatic heterocycles. The van der Waals surface area contributed by atoms with Gasteiger partial charge in [0.05, 0.1) is 19.3 Å². The molecule has 1 amide bonds. The number of nitrogens with zero attached hydrogens (tertiary/aromatic N) is 1. The Bertz CT molecular complexity index is 1150. The summed E-state index contributed by atoms with van der Waals surface area (Å²) in [5.41, 5.74) is 3.13. The molecule has 3 aliphatic carbocycles. The van der Waals surface area contributed by atoms with Gasteiger partial charge in [-0.1, -0.05) is 13.0 Å². The Morgan fingerprint density at radius 2 is 1.92 bits per heavy atom. The number of nitrogens with one attached hydrogen (secondary N) is 1. The van der Waals surface area contributed by atoms with Crippen molar-refractivity contribution in [2.45, 2.75) is 63.6 Å². The number of benzene rings is 2. The lowest BCUT2D eigenvalue weighted by Gasteiger charge is -2.53. The number of aromatic hydroxyl groups is 1. The maximum atomic E-state index is 12.5. The predicted octanol–water partition coefficient (Wildman–Crippen LogP) is 4.33. The number of hydrogen-bond donors (Lipinski definition) is 3. The fraction of sp³-hybridized carbons (Fsp3) is 0.581. The lowest BCUT2D eigenvalue weighted by atomic mass is 9.54. The molecule has 0 radical (unpaired) electrons. The molecule has 2 saturated carbocycles. The van der Waals surface area contributed by atoms with Gasteiger partial charge < -0.3 is 25.0 Å². The van der Waals surface area contributed by atoms with E-state index in [2.05, 4.69) is 23.2 Å². The molecular formula is C31H40N2O5. The number of hydrogen-bond acceptors (Lipinski definition) is 6. The molecule has 6 rings (SSSR count). The van der Waals surface area contributed by atoms with Crippen LogP contribution in [0.3, 0.4) is 0 Å². The number of aryl methyl sites for hydroxylation is 1. The van der Waals surface area contributed by atoms with Gasteiger partial charge in [-0.2, -0.15) is 0 Å². The molecule has 38 heavy (non-hydrogen) atoms. The summed E-state index contributed by atoms with van der Waals surface area (Å²) in [4.78, 5) is 14.7. The fourth-order valence-electron chi connectivity index (χ4n) is 7.80. The Morgan fingerprint density at radius 3 is 2.71 bits per heavy atom. The van der Waals surface area contributed by atoms with Crippen molar-refractivity contribution in [2.24, 2.45) is 17.3 Å². The first-order valence-electron chi connectivity index (χ1n) is 14.3. The summed E-state index contributed by atoms with van der Waals surface area (Å²) in [7, 11) is 0. The maximum Gasteiger partial charge on any atom is 0.225 e. The summed E-state index contributed by atoms with van der Waals surface area (Å²) < 4.78 is 12.1. The van der Waals surface area contributed by atoms with Crippen molar-refractivity contribution >= 4 is 11.6 Å². The molecule has 2 aromatic rings. The summed E-state index contributed by atoms with van der Waals surface area (Å²) in [6.07, 6.45) is 4.85. The molecule has 7 heteroatoms. The van der Waals surface area contributed by atoms with Gasteiger partial charge in [-0.25, -0.2) is 0 Å². The minimum absolute atomic E-state index is 0.0107. The number of aliphatic hydroxyl groups is 1. The summed E-state index contributed by atoms with van der Waals surface area (Å²) in [6, 6.07) is 13.5. The third kappa shape index (κ3) is 4.92. The largest absolute Gasteiger partial charge is 0.508 e. The van der Waals surface area contributed by atoms with E-state index in [4.69, 9.17) is 9.47 Å². The highest BCUT2D eigenvalue weighted by molar-refractivity contribution is 5.90. The van der Waals surface area contributed by atoms with E-state index in [1.807, 2.05) is 30.3 Å². The van der Waals surface area contributed by atoms with Crippen LogP contribution in [0, 0.1) is 17.3 Å². The average Bonchev–Trinajstić information content (AvgIpc) is 3.22. The van der Waals surface area contributed by atoms with Crippen molar-refractivity contribution in [1.82, 2.24) is 4.90 Å². The van der Waals surface area contributed by atoms with Crippen LogP contribution < -0.4 is 10.1 Å². The summed E-state index contributed by atoms with van der Waals surface area (Å²) in [5.74, 6) is 2.29. The van der Waals surface area contributed by atoms with Crippen molar-refractivity contribution in [3.05, 3.63) is 53.6 Å².